The Kier molecular flexibility index (Phi) is 8.07. The highest BCUT2D eigenvalue weighted by Crippen LogP contribution is 2.31. The van der Waals surface area contributed by atoms with Crippen molar-refractivity contribution in [3.8, 4) is 16.9 Å². The van der Waals surface area contributed by atoms with Gasteiger partial charge in [0.1, 0.15) is 11.6 Å². The first kappa shape index (κ1) is 26.5. The average molecular weight is 518 g/mol. The zero-order chi connectivity index (χ0) is 26.6. The van der Waals surface area contributed by atoms with Gasteiger partial charge in [-0.1, -0.05) is 42.5 Å². The van der Waals surface area contributed by atoms with Crippen molar-refractivity contribution in [2.45, 2.75) is 32.0 Å². The van der Waals surface area contributed by atoms with E-state index in [2.05, 4.69) is 4.74 Å². The number of hydrogen-bond donors (Lipinski definition) is 0. The van der Waals surface area contributed by atoms with E-state index in [4.69, 9.17) is 4.74 Å². The molecule has 0 radical (unpaired) electrons. The van der Waals surface area contributed by atoms with Gasteiger partial charge in [0.2, 0.25) is 0 Å². The van der Waals surface area contributed by atoms with Gasteiger partial charge in [-0.15, -0.1) is 13.2 Å². The van der Waals surface area contributed by atoms with Gasteiger partial charge in [-0.3, -0.25) is 0 Å². The second kappa shape index (κ2) is 11.3. The molecule has 0 saturated carbocycles. The minimum Gasteiger partial charge on any atom is -0.403 e. The van der Waals surface area contributed by atoms with E-state index in [0.717, 1.165) is 24.1 Å². The van der Waals surface area contributed by atoms with Crippen LogP contribution in [0, 0.1) is 17.5 Å². The topological polar surface area (TPSA) is 18.5 Å². The molecule has 0 unspecified atom stereocenters. The van der Waals surface area contributed by atoms with Crippen molar-refractivity contribution in [3.63, 3.8) is 0 Å². The lowest BCUT2D eigenvalue weighted by molar-refractivity contribution is -0.275. The number of fused-ring (bicyclic) bond motifs is 1. The van der Waals surface area contributed by atoms with Crippen LogP contribution in [0.3, 0.4) is 0 Å². The summed E-state index contributed by atoms with van der Waals surface area (Å²) in [6.45, 7) is 0.599. The van der Waals surface area contributed by atoms with Crippen LogP contribution in [-0.2, 0) is 24.0 Å². The molecule has 0 aromatic heterocycles. The highest BCUT2D eigenvalue weighted by molar-refractivity contribution is 5.88. The van der Waals surface area contributed by atoms with Crippen LogP contribution in [0.5, 0.6) is 5.75 Å². The summed E-state index contributed by atoms with van der Waals surface area (Å²) >= 11 is 0. The summed E-state index contributed by atoms with van der Waals surface area (Å²) in [6.07, 6.45) is -3.07. The first-order chi connectivity index (χ1) is 17.6. The first-order valence-corrected chi connectivity index (χ1v) is 11.7. The number of halogens is 6. The van der Waals surface area contributed by atoms with Crippen molar-refractivity contribution in [1.29, 1.82) is 0 Å². The number of aryl methyl sites for hydroxylation is 3. The van der Waals surface area contributed by atoms with Gasteiger partial charge in [0.25, 0.3) is 0 Å². The predicted octanol–water partition coefficient (Wildman–Crippen LogP) is 8.19. The molecule has 0 spiro atoms. The third-order valence-corrected chi connectivity index (χ3v) is 6.10. The van der Waals surface area contributed by atoms with Gasteiger partial charge < -0.3 is 9.47 Å². The van der Waals surface area contributed by atoms with Crippen LogP contribution in [0.15, 0.2) is 66.7 Å². The SMILES string of the molecule is COCCCc1ccc(-c2ccc3c(F)c(CCc4ccc(OC(F)(F)F)c(F)c4)ccc3c2)c(F)c1. The Labute approximate surface area is 210 Å². The molecule has 0 aliphatic carbocycles. The van der Waals surface area contributed by atoms with E-state index in [1.54, 1.807) is 43.5 Å². The number of ether oxygens (including phenoxy) is 2. The molecule has 0 bridgehead atoms. The summed E-state index contributed by atoms with van der Waals surface area (Å²) in [5.41, 5.74) is 2.70. The molecule has 2 nitrogen and oxygen atoms in total. The average Bonchev–Trinajstić information content (AvgIpc) is 2.84. The Bertz CT molecular complexity index is 1400. The van der Waals surface area contributed by atoms with E-state index < -0.39 is 23.7 Å². The standard InChI is InChI=1S/C29H24F6O2/c1-36-14-2-3-18-5-11-23(25(30)15-18)21-10-12-24-22(17-21)9-8-20(28(24)32)7-4-19-6-13-27(26(31)16-19)37-29(33,34)35/h5-6,8-13,15-17H,2-4,7,14H2,1H3. The van der Waals surface area contributed by atoms with Crippen LogP contribution in [0.4, 0.5) is 26.3 Å². The van der Waals surface area contributed by atoms with Crippen LogP contribution in [0.2, 0.25) is 0 Å². The van der Waals surface area contributed by atoms with E-state index >= 15 is 4.39 Å². The molecule has 0 N–H and O–H groups in total. The third-order valence-electron chi connectivity index (χ3n) is 6.10. The summed E-state index contributed by atoms with van der Waals surface area (Å²) in [6, 6.07) is 16.6. The maximum Gasteiger partial charge on any atom is 0.573 e. The fourth-order valence-electron chi connectivity index (χ4n) is 4.25. The summed E-state index contributed by atoms with van der Waals surface area (Å²) < 4.78 is 89.6. The lowest BCUT2D eigenvalue weighted by Crippen LogP contribution is -2.18. The van der Waals surface area contributed by atoms with Crippen LogP contribution in [0.1, 0.15) is 23.1 Å². The van der Waals surface area contributed by atoms with Crippen molar-refractivity contribution in [2.24, 2.45) is 0 Å². The molecule has 0 atom stereocenters. The molecule has 0 saturated heterocycles. The monoisotopic (exact) mass is 518 g/mol. The van der Waals surface area contributed by atoms with Gasteiger partial charge in [0.05, 0.1) is 0 Å². The molecule has 4 aromatic rings. The van der Waals surface area contributed by atoms with E-state index in [1.165, 1.54) is 12.1 Å². The number of alkyl halides is 3. The molecule has 0 aliphatic heterocycles. The second-order valence-electron chi connectivity index (χ2n) is 8.70. The highest BCUT2D eigenvalue weighted by Gasteiger charge is 2.32. The van der Waals surface area contributed by atoms with Crippen molar-refractivity contribution in [3.05, 3.63) is 101 Å². The predicted molar refractivity (Wildman–Crippen MR) is 130 cm³/mol. The van der Waals surface area contributed by atoms with Gasteiger partial charge in [-0.2, -0.15) is 0 Å². The summed E-state index contributed by atoms with van der Waals surface area (Å²) in [4.78, 5) is 0. The quantitative estimate of drug-likeness (QED) is 0.164. The van der Waals surface area contributed by atoms with Crippen LogP contribution >= 0.6 is 0 Å². The zero-order valence-corrected chi connectivity index (χ0v) is 20.0. The van der Waals surface area contributed by atoms with Gasteiger partial charge in [-0.05, 0) is 77.6 Å². The summed E-state index contributed by atoms with van der Waals surface area (Å²) in [5, 5.41) is 0.958. The fourth-order valence-corrected chi connectivity index (χ4v) is 4.25. The van der Waals surface area contributed by atoms with Gasteiger partial charge in [-0.25, -0.2) is 13.2 Å². The summed E-state index contributed by atoms with van der Waals surface area (Å²) in [5.74, 6) is -2.86. The maximum atomic E-state index is 15.2. The maximum absolute atomic E-state index is 15.2. The second-order valence-corrected chi connectivity index (χ2v) is 8.70. The van der Waals surface area contributed by atoms with Crippen molar-refractivity contribution in [1.82, 2.24) is 0 Å². The number of methoxy groups -OCH3 is 1. The molecule has 37 heavy (non-hydrogen) atoms. The molecule has 4 rings (SSSR count). The lowest BCUT2D eigenvalue weighted by Gasteiger charge is -2.12. The fraction of sp³-hybridized carbons (Fsp3) is 0.241. The molecule has 0 amide bonds. The highest BCUT2D eigenvalue weighted by atomic mass is 19.4. The minimum atomic E-state index is -4.99. The first-order valence-electron chi connectivity index (χ1n) is 11.7. The smallest absolute Gasteiger partial charge is 0.403 e. The largest absolute Gasteiger partial charge is 0.573 e. The van der Waals surface area contributed by atoms with Crippen LogP contribution in [-0.4, -0.2) is 20.1 Å². The molecule has 194 valence electrons. The van der Waals surface area contributed by atoms with Crippen molar-refractivity contribution < 1.29 is 35.8 Å². The van der Waals surface area contributed by atoms with E-state index in [1.807, 2.05) is 6.07 Å². The molecular weight excluding hydrogens is 494 g/mol. The van der Waals surface area contributed by atoms with Crippen LogP contribution < -0.4 is 4.74 Å². The van der Waals surface area contributed by atoms with E-state index in [-0.39, 0.29) is 18.7 Å². The summed E-state index contributed by atoms with van der Waals surface area (Å²) in [7, 11) is 1.62. The molecule has 8 heteroatoms. The molecular formula is C29H24F6O2. The molecule has 0 aliphatic rings. The minimum absolute atomic E-state index is 0.210. The van der Waals surface area contributed by atoms with Gasteiger partial charge in [0.15, 0.2) is 11.6 Å². The van der Waals surface area contributed by atoms with Crippen molar-refractivity contribution >= 4 is 10.8 Å². The lowest BCUT2D eigenvalue weighted by atomic mass is 9.96. The Morgan fingerprint density at radius 2 is 1.46 bits per heavy atom. The van der Waals surface area contributed by atoms with E-state index in [0.29, 0.717) is 46.1 Å². The zero-order valence-electron chi connectivity index (χ0n) is 20.0. The Balaban J connectivity index is 1.49. The van der Waals surface area contributed by atoms with Crippen molar-refractivity contribution in [2.75, 3.05) is 13.7 Å². The molecule has 0 fully saturated rings. The van der Waals surface area contributed by atoms with E-state index in [9.17, 15) is 22.0 Å². The Hall–Kier alpha value is -3.52. The number of hydrogen-bond acceptors (Lipinski definition) is 2. The third kappa shape index (κ3) is 6.63. The number of rotatable bonds is 9. The molecule has 0 heterocycles. The number of benzene rings is 4. The molecule has 4 aromatic carbocycles. The van der Waals surface area contributed by atoms with Crippen LogP contribution in [0.25, 0.3) is 21.9 Å². The normalized spacial score (nSPS) is 11.8. The Morgan fingerprint density at radius 3 is 2.16 bits per heavy atom. The Morgan fingerprint density at radius 1 is 0.730 bits per heavy atom. The van der Waals surface area contributed by atoms with Gasteiger partial charge >= 0.3 is 6.36 Å². The van der Waals surface area contributed by atoms with Gasteiger partial charge in [0, 0.05) is 24.7 Å².